The maximum Gasteiger partial charge on any atom is 0.166 e. The summed E-state index contributed by atoms with van der Waals surface area (Å²) in [5, 5.41) is 0. The van der Waals surface area contributed by atoms with Crippen LogP contribution in [0.1, 0.15) is 23.1 Å². The molecule has 0 aliphatic carbocycles. The lowest BCUT2D eigenvalue weighted by molar-refractivity contribution is 0.415. The molecule has 0 bridgehead atoms. The lowest BCUT2D eigenvalue weighted by Gasteiger charge is -2.10. The SMILES string of the molecule is COc1cc(C2=C(c3ccncc3)N=C(c3ccc(F)cc3F)C2)cnc1N. The molecule has 0 fully saturated rings. The van der Waals surface area contributed by atoms with Crippen LogP contribution in [0.4, 0.5) is 14.6 Å². The molecule has 7 heteroatoms. The zero-order valence-electron chi connectivity index (χ0n) is 15.0. The molecule has 0 atom stereocenters. The predicted molar refractivity (Wildman–Crippen MR) is 104 cm³/mol. The van der Waals surface area contributed by atoms with Crippen molar-refractivity contribution in [3.63, 3.8) is 0 Å². The average Bonchev–Trinajstić information content (AvgIpc) is 3.14. The number of allylic oxidation sites excluding steroid dienone is 1. The third-order valence-corrected chi connectivity index (χ3v) is 4.52. The van der Waals surface area contributed by atoms with Gasteiger partial charge in [-0.1, -0.05) is 0 Å². The first-order chi connectivity index (χ1) is 13.6. The number of halogens is 2. The molecule has 0 unspecified atom stereocenters. The third-order valence-electron chi connectivity index (χ3n) is 4.52. The number of nitrogen functional groups attached to an aromatic ring is 1. The second-order valence-electron chi connectivity index (χ2n) is 6.23. The molecule has 0 saturated carbocycles. The Labute approximate surface area is 160 Å². The Morgan fingerprint density at radius 1 is 1.04 bits per heavy atom. The topological polar surface area (TPSA) is 73.4 Å². The maximum absolute atomic E-state index is 14.3. The number of hydrogen-bond acceptors (Lipinski definition) is 5. The first-order valence-electron chi connectivity index (χ1n) is 8.53. The highest BCUT2D eigenvalue weighted by Gasteiger charge is 2.24. The van der Waals surface area contributed by atoms with Gasteiger partial charge in [0.05, 0.1) is 18.5 Å². The summed E-state index contributed by atoms with van der Waals surface area (Å²) in [6.45, 7) is 0. The van der Waals surface area contributed by atoms with E-state index in [0.717, 1.165) is 22.8 Å². The largest absolute Gasteiger partial charge is 0.493 e. The van der Waals surface area contributed by atoms with Crippen LogP contribution in [0.15, 0.2) is 60.0 Å². The van der Waals surface area contributed by atoms with Crippen LogP contribution in [0.5, 0.6) is 5.75 Å². The van der Waals surface area contributed by atoms with E-state index in [2.05, 4.69) is 15.0 Å². The first-order valence-corrected chi connectivity index (χ1v) is 8.53. The number of hydrogen-bond donors (Lipinski definition) is 1. The number of pyridine rings is 2. The fourth-order valence-corrected chi connectivity index (χ4v) is 3.14. The number of nitrogens with zero attached hydrogens (tertiary/aromatic N) is 3. The standard InChI is InChI=1S/C21H16F2N4O/c1-28-19-8-13(11-26-21(19)24)16-10-18(15-3-2-14(22)9-17(15)23)27-20(16)12-4-6-25-7-5-12/h2-9,11H,10H2,1H3,(H2,24,26). The molecule has 0 saturated heterocycles. The van der Waals surface area contributed by atoms with Gasteiger partial charge in [-0.05, 0) is 35.9 Å². The fraction of sp³-hybridized carbons (Fsp3) is 0.0952. The number of benzene rings is 1. The summed E-state index contributed by atoms with van der Waals surface area (Å²) in [5.74, 6) is -0.557. The normalized spacial score (nSPS) is 13.6. The number of ether oxygens (including phenoxy) is 1. The Hall–Kier alpha value is -3.61. The molecule has 4 rings (SSSR count). The van der Waals surface area contributed by atoms with E-state index in [0.29, 0.717) is 23.6 Å². The summed E-state index contributed by atoms with van der Waals surface area (Å²) < 4.78 is 32.9. The van der Waals surface area contributed by atoms with Gasteiger partial charge in [-0.2, -0.15) is 0 Å². The van der Waals surface area contributed by atoms with Crippen LogP contribution in [0.3, 0.4) is 0 Å². The van der Waals surface area contributed by atoms with E-state index >= 15 is 0 Å². The van der Waals surface area contributed by atoms with E-state index in [1.807, 2.05) is 12.1 Å². The summed E-state index contributed by atoms with van der Waals surface area (Å²) in [4.78, 5) is 12.9. The van der Waals surface area contributed by atoms with E-state index in [1.54, 1.807) is 24.7 Å². The molecule has 1 aromatic carbocycles. The highest BCUT2D eigenvalue weighted by Crippen LogP contribution is 2.38. The molecule has 0 radical (unpaired) electrons. The van der Waals surface area contributed by atoms with Crippen molar-refractivity contribution in [3.05, 3.63) is 83.3 Å². The Kier molecular flexibility index (Phi) is 4.57. The smallest absolute Gasteiger partial charge is 0.166 e. The molecule has 0 spiro atoms. The molecule has 1 aliphatic heterocycles. The van der Waals surface area contributed by atoms with Crippen LogP contribution in [0.2, 0.25) is 0 Å². The van der Waals surface area contributed by atoms with Gasteiger partial charge >= 0.3 is 0 Å². The second kappa shape index (κ2) is 7.19. The summed E-state index contributed by atoms with van der Waals surface area (Å²) in [5.41, 5.74) is 9.71. The molecule has 3 heterocycles. The van der Waals surface area contributed by atoms with Gasteiger partial charge in [-0.3, -0.25) is 9.98 Å². The Morgan fingerprint density at radius 3 is 2.54 bits per heavy atom. The third kappa shape index (κ3) is 3.22. The fourth-order valence-electron chi connectivity index (χ4n) is 3.14. The molecule has 2 N–H and O–H groups in total. The molecular formula is C21H16F2N4O. The number of nitrogens with two attached hydrogens (primary N) is 1. The minimum absolute atomic E-state index is 0.262. The van der Waals surface area contributed by atoms with Crippen molar-refractivity contribution in [3.8, 4) is 5.75 Å². The van der Waals surface area contributed by atoms with Crippen molar-refractivity contribution in [1.82, 2.24) is 9.97 Å². The molecule has 1 aliphatic rings. The minimum atomic E-state index is -0.651. The molecule has 5 nitrogen and oxygen atoms in total. The molecule has 3 aromatic rings. The monoisotopic (exact) mass is 378 g/mol. The summed E-state index contributed by atoms with van der Waals surface area (Å²) in [6, 6.07) is 8.90. The highest BCUT2D eigenvalue weighted by atomic mass is 19.1. The van der Waals surface area contributed by atoms with Gasteiger partial charge in [0.15, 0.2) is 11.6 Å². The van der Waals surface area contributed by atoms with Crippen molar-refractivity contribution in [1.29, 1.82) is 0 Å². The molecule has 0 amide bonds. The molecular weight excluding hydrogens is 362 g/mol. The van der Waals surface area contributed by atoms with E-state index in [-0.39, 0.29) is 11.4 Å². The quantitative estimate of drug-likeness (QED) is 0.742. The minimum Gasteiger partial charge on any atom is -0.493 e. The van der Waals surface area contributed by atoms with E-state index in [4.69, 9.17) is 10.5 Å². The summed E-state index contributed by atoms with van der Waals surface area (Å²) in [6.07, 6.45) is 5.31. The van der Waals surface area contributed by atoms with Gasteiger partial charge in [-0.15, -0.1) is 0 Å². The van der Waals surface area contributed by atoms with Crippen LogP contribution >= 0.6 is 0 Å². The van der Waals surface area contributed by atoms with Gasteiger partial charge in [-0.25, -0.2) is 13.8 Å². The number of rotatable bonds is 4. The molecule has 140 valence electrons. The summed E-state index contributed by atoms with van der Waals surface area (Å²) >= 11 is 0. The van der Waals surface area contributed by atoms with E-state index < -0.39 is 11.6 Å². The Bertz CT molecular complexity index is 1110. The Morgan fingerprint density at radius 2 is 1.82 bits per heavy atom. The molecule has 28 heavy (non-hydrogen) atoms. The van der Waals surface area contributed by atoms with Crippen molar-refractivity contribution in [2.24, 2.45) is 4.99 Å². The first kappa shape index (κ1) is 17.8. The van der Waals surface area contributed by atoms with Crippen molar-refractivity contribution in [2.75, 3.05) is 12.8 Å². The second-order valence-corrected chi connectivity index (χ2v) is 6.23. The van der Waals surface area contributed by atoms with E-state index in [1.165, 1.54) is 19.2 Å². The lowest BCUT2D eigenvalue weighted by Crippen LogP contribution is -2.03. The number of aromatic nitrogens is 2. The van der Waals surface area contributed by atoms with Crippen molar-refractivity contribution in [2.45, 2.75) is 6.42 Å². The maximum atomic E-state index is 14.3. The lowest BCUT2D eigenvalue weighted by atomic mass is 9.97. The average molecular weight is 378 g/mol. The van der Waals surface area contributed by atoms with Gasteiger partial charge in [0.25, 0.3) is 0 Å². The number of aliphatic imine (C=N–C) groups is 1. The van der Waals surface area contributed by atoms with Gasteiger partial charge < -0.3 is 10.5 Å². The summed E-state index contributed by atoms with van der Waals surface area (Å²) in [7, 11) is 1.51. The van der Waals surface area contributed by atoms with Crippen LogP contribution in [-0.2, 0) is 0 Å². The predicted octanol–water partition coefficient (Wildman–Crippen LogP) is 4.11. The van der Waals surface area contributed by atoms with E-state index in [9.17, 15) is 8.78 Å². The highest BCUT2D eigenvalue weighted by molar-refractivity contribution is 6.17. The van der Waals surface area contributed by atoms with Gasteiger partial charge in [0, 0.05) is 47.8 Å². The zero-order valence-corrected chi connectivity index (χ0v) is 15.0. The van der Waals surface area contributed by atoms with Crippen LogP contribution in [0.25, 0.3) is 11.3 Å². The van der Waals surface area contributed by atoms with Crippen LogP contribution in [-0.4, -0.2) is 22.8 Å². The van der Waals surface area contributed by atoms with Crippen molar-refractivity contribution < 1.29 is 13.5 Å². The zero-order chi connectivity index (χ0) is 19.7. The van der Waals surface area contributed by atoms with Gasteiger partial charge in [0.1, 0.15) is 11.6 Å². The molecule has 2 aromatic heterocycles. The Balaban J connectivity index is 1.84. The number of anilines is 1. The number of methoxy groups -OCH3 is 1. The van der Waals surface area contributed by atoms with Gasteiger partial charge in [0.2, 0.25) is 0 Å². The van der Waals surface area contributed by atoms with Crippen LogP contribution < -0.4 is 10.5 Å². The van der Waals surface area contributed by atoms with Crippen molar-refractivity contribution >= 4 is 22.8 Å². The van der Waals surface area contributed by atoms with Crippen LogP contribution in [0, 0.1) is 11.6 Å².